The number of rotatable bonds is 3. The van der Waals surface area contributed by atoms with Gasteiger partial charge in [0, 0.05) is 19.4 Å². The maximum Gasteiger partial charge on any atom is 0.205 e. The molecule has 1 aromatic rings. The van der Waals surface area contributed by atoms with Gasteiger partial charge in [-0.25, -0.2) is 0 Å². The van der Waals surface area contributed by atoms with Gasteiger partial charge in [0.05, 0.1) is 13.2 Å². The van der Waals surface area contributed by atoms with Gasteiger partial charge in [0.1, 0.15) is 18.1 Å². The first-order valence-electron chi connectivity index (χ1n) is 5.30. The smallest absolute Gasteiger partial charge is 0.205 e. The minimum Gasteiger partial charge on any atom is -0.491 e. The van der Waals surface area contributed by atoms with Crippen molar-refractivity contribution in [1.82, 2.24) is 0 Å². The highest BCUT2D eigenvalue weighted by Gasteiger charge is 2.27. The molecule has 0 saturated carbocycles. The Morgan fingerprint density at radius 3 is 3.00 bits per heavy atom. The number of ether oxygens (including phenoxy) is 3. The van der Waals surface area contributed by atoms with Gasteiger partial charge in [-0.3, -0.25) is 0 Å². The highest BCUT2D eigenvalue weighted by Crippen LogP contribution is 2.33. The van der Waals surface area contributed by atoms with Crippen molar-refractivity contribution in [2.24, 2.45) is 0 Å². The second kappa shape index (κ2) is 4.31. The first-order chi connectivity index (χ1) is 7.61. The van der Waals surface area contributed by atoms with Crippen molar-refractivity contribution in [3.8, 4) is 11.5 Å². The summed E-state index contributed by atoms with van der Waals surface area (Å²) in [7, 11) is 0. The van der Waals surface area contributed by atoms with Crippen LogP contribution in [0.15, 0.2) is 18.2 Å². The van der Waals surface area contributed by atoms with E-state index in [0.29, 0.717) is 13.2 Å². The summed E-state index contributed by atoms with van der Waals surface area (Å²) in [6.45, 7) is 4.58. The van der Waals surface area contributed by atoms with E-state index < -0.39 is 5.79 Å². The molecular formula is C12H16O4. The fourth-order valence-electron chi connectivity index (χ4n) is 1.57. The van der Waals surface area contributed by atoms with E-state index in [1.807, 2.05) is 32.0 Å². The lowest BCUT2D eigenvalue weighted by molar-refractivity contribution is -0.180. The van der Waals surface area contributed by atoms with Crippen molar-refractivity contribution < 1.29 is 19.3 Å². The zero-order valence-electron chi connectivity index (χ0n) is 9.53. The zero-order valence-corrected chi connectivity index (χ0v) is 9.53. The van der Waals surface area contributed by atoms with Crippen LogP contribution in [0.25, 0.3) is 0 Å². The molecule has 0 aromatic heterocycles. The van der Waals surface area contributed by atoms with E-state index in [-0.39, 0.29) is 6.61 Å². The fourth-order valence-corrected chi connectivity index (χ4v) is 1.57. The van der Waals surface area contributed by atoms with Gasteiger partial charge in [-0.05, 0) is 18.2 Å². The van der Waals surface area contributed by atoms with Gasteiger partial charge < -0.3 is 19.3 Å². The van der Waals surface area contributed by atoms with E-state index in [9.17, 15) is 0 Å². The Morgan fingerprint density at radius 2 is 2.25 bits per heavy atom. The number of aliphatic hydroxyl groups is 1. The molecule has 0 radical (unpaired) electrons. The summed E-state index contributed by atoms with van der Waals surface area (Å²) >= 11 is 0. The van der Waals surface area contributed by atoms with E-state index in [4.69, 9.17) is 19.3 Å². The summed E-state index contributed by atoms with van der Waals surface area (Å²) in [5.41, 5.74) is 0.967. The van der Waals surface area contributed by atoms with Crippen molar-refractivity contribution in [1.29, 1.82) is 0 Å². The Kier molecular flexibility index (Phi) is 3.03. The normalized spacial score (nSPS) is 17.4. The van der Waals surface area contributed by atoms with E-state index in [0.717, 1.165) is 17.1 Å². The van der Waals surface area contributed by atoms with Gasteiger partial charge in [-0.15, -0.1) is 0 Å². The van der Waals surface area contributed by atoms with E-state index in [2.05, 4.69) is 0 Å². The number of hydrogen-bond donors (Lipinski definition) is 1. The van der Waals surface area contributed by atoms with Crippen LogP contribution in [0.3, 0.4) is 0 Å². The number of fused-ring (bicyclic) bond motifs is 1. The molecule has 0 aliphatic carbocycles. The summed E-state index contributed by atoms with van der Waals surface area (Å²) in [4.78, 5) is 0. The summed E-state index contributed by atoms with van der Waals surface area (Å²) < 4.78 is 16.5. The largest absolute Gasteiger partial charge is 0.491 e. The Hall–Kier alpha value is -1.26. The van der Waals surface area contributed by atoms with Gasteiger partial charge in [0.15, 0.2) is 0 Å². The number of benzene rings is 1. The molecule has 0 saturated heterocycles. The fraction of sp³-hybridized carbons (Fsp3) is 0.500. The lowest BCUT2D eigenvalue weighted by Gasteiger charge is -2.32. The zero-order chi connectivity index (χ0) is 11.6. The van der Waals surface area contributed by atoms with Crippen LogP contribution in [0.5, 0.6) is 11.5 Å². The van der Waals surface area contributed by atoms with Crippen molar-refractivity contribution in [2.75, 3.05) is 13.2 Å². The molecule has 0 unspecified atom stereocenters. The van der Waals surface area contributed by atoms with Crippen molar-refractivity contribution >= 4 is 0 Å². The summed E-state index contributed by atoms with van der Waals surface area (Å²) in [5, 5.41) is 8.66. The van der Waals surface area contributed by atoms with Gasteiger partial charge in [-0.1, -0.05) is 0 Å². The molecule has 16 heavy (non-hydrogen) atoms. The molecule has 88 valence electrons. The molecule has 4 heteroatoms. The van der Waals surface area contributed by atoms with Gasteiger partial charge in [-0.2, -0.15) is 0 Å². The molecule has 1 aromatic carbocycles. The van der Waals surface area contributed by atoms with E-state index in [1.165, 1.54) is 0 Å². The molecular weight excluding hydrogens is 208 g/mol. The molecule has 0 spiro atoms. The Morgan fingerprint density at radius 1 is 1.44 bits per heavy atom. The van der Waals surface area contributed by atoms with Gasteiger partial charge in [0.2, 0.25) is 5.79 Å². The third-order valence-electron chi connectivity index (χ3n) is 2.32. The summed E-state index contributed by atoms with van der Waals surface area (Å²) in [5.74, 6) is 0.979. The highest BCUT2D eigenvalue weighted by molar-refractivity contribution is 5.41. The second-order valence-corrected chi connectivity index (χ2v) is 4.13. The molecule has 0 amide bonds. The molecule has 1 aliphatic rings. The predicted octanol–water partition coefficient (Wildman–Crippen LogP) is 1.70. The predicted molar refractivity (Wildman–Crippen MR) is 58.5 cm³/mol. The first kappa shape index (κ1) is 11.2. The maximum absolute atomic E-state index is 8.66. The van der Waals surface area contributed by atoms with E-state index in [1.54, 1.807) is 0 Å². The number of hydrogen-bond acceptors (Lipinski definition) is 4. The average molecular weight is 224 g/mol. The molecule has 1 heterocycles. The average Bonchev–Trinajstić information content (AvgIpc) is 2.25. The third-order valence-corrected chi connectivity index (χ3v) is 2.32. The number of aliphatic hydroxyl groups excluding tert-OH is 1. The Balaban J connectivity index is 2.15. The van der Waals surface area contributed by atoms with Crippen LogP contribution in [0.2, 0.25) is 0 Å². The molecule has 1 N–H and O–H groups in total. The third kappa shape index (κ3) is 2.46. The van der Waals surface area contributed by atoms with Crippen molar-refractivity contribution in [3.63, 3.8) is 0 Å². The lowest BCUT2D eigenvalue weighted by Crippen LogP contribution is -2.35. The molecule has 2 rings (SSSR count). The highest BCUT2D eigenvalue weighted by atomic mass is 16.7. The SMILES string of the molecule is CC1(C)OCc2cc(OCCO)ccc2O1. The van der Waals surface area contributed by atoms with Gasteiger partial charge in [0.25, 0.3) is 0 Å². The Bertz CT molecular complexity index is 373. The van der Waals surface area contributed by atoms with Crippen LogP contribution in [-0.4, -0.2) is 24.1 Å². The summed E-state index contributed by atoms with van der Waals surface area (Å²) in [6, 6.07) is 5.57. The molecule has 0 fully saturated rings. The van der Waals surface area contributed by atoms with Crippen molar-refractivity contribution in [3.05, 3.63) is 23.8 Å². The van der Waals surface area contributed by atoms with Crippen LogP contribution in [0, 0.1) is 0 Å². The molecule has 4 nitrogen and oxygen atoms in total. The lowest BCUT2D eigenvalue weighted by atomic mass is 10.1. The van der Waals surface area contributed by atoms with Crippen LogP contribution >= 0.6 is 0 Å². The minimum atomic E-state index is -0.569. The van der Waals surface area contributed by atoms with Crippen molar-refractivity contribution in [2.45, 2.75) is 26.2 Å². The Labute approximate surface area is 94.8 Å². The van der Waals surface area contributed by atoms with Crippen LogP contribution < -0.4 is 9.47 Å². The van der Waals surface area contributed by atoms with Gasteiger partial charge >= 0.3 is 0 Å². The van der Waals surface area contributed by atoms with E-state index >= 15 is 0 Å². The summed E-state index contributed by atoms with van der Waals surface area (Å²) in [6.07, 6.45) is 0. The van der Waals surface area contributed by atoms with Crippen LogP contribution in [0.4, 0.5) is 0 Å². The maximum atomic E-state index is 8.66. The topological polar surface area (TPSA) is 47.9 Å². The van der Waals surface area contributed by atoms with Crippen LogP contribution in [-0.2, 0) is 11.3 Å². The first-order valence-corrected chi connectivity index (χ1v) is 5.30. The van der Waals surface area contributed by atoms with Crippen LogP contribution in [0.1, 0.15) is 19.4 Å². The quantitative estimate of drug-likeness (QED) is 0.849. The molecule has 0 atom stereocenters. The standard InChI is InChI=1S/C12H16O4/c1-12(2)15-8-9-7-10(14-6-5-13)3-4-11(9)16-12/h3-4,7,13H,5-6,8H2,1-2H3. The second-order valence-electron chi connectivity index (χ2n) is 4.13. The molecule has 1 aliphatic heterocycles. The minimum absolute atomic E-state index is 0.0110. The molecule has 0 bridgehead atoms. The monoisotopic (exact) mass is 224 g/mol.